The summed E-state index contributed by atoms with van der Waals surface area (Å²) in [5, 5.41) is 0. The lowest BCUT2D eigenvalue weighted by Gasteiger charge is -2.41. The van der Waals surface area contributed by atoms with E-state index in [0.717, 1.165) is 41.4 Å². The molecule has 0 radical (unpaired) electrons. The molecule has 1 aliphatic heterocycles. The highest BCUT2D eigenvalue weighted by Crippen LogP contribution is 2.36. The highest BCUT2D eigenvalue weighted by atomic mass is 32.2. The summed E-state index contributed by atoms with van der Waals surface area (Å²) in [5.41, 5.74) is 0. The van der Waals surface area contributed by atoms with E-state index in [1.807, 2.05) is 17.0 Å². The van der Waals surface area contributed by atoms with Crippen molar-refractivity contribution in [1.82, 2.24) is 9.62 Å². The normalized spacial score (nSPS) is 24.6. The molecule has 1 aromatic rings. The third kappa shape index (κ3) is 4.58. The van der Waals surface area contributed by atoms with Gasteiger partial charge in [-0.1, -0.05) is 19.3 Å². The number of carbonyl (C=O) groups excluding carboxylic acids is 1. The average Bonchev–Trinajstić information content (AvgIpc) is 3.01. The van der Waals surface area contributed by atoms with Crippen LogP contribution in [0.25, 0.3) is 0 Å². The van der Waals surface area contributed by atoms with Crippen LogP contribution in [-0.4, -0.2) is 45.1 Å². The molecular formula is C17H26N2O3S2. The minimum Gasteiger partial charge on any atom is -0.338 e. The van der Waals surface area contributed by atoms with E-state index in [2.05, 4.69) is 4.72 Å². The molecule has 1 amide bonds. The van der Waals surface area contributed by atoms with Crippen molar-refractivity contribution in [3.05, 3.63) is 21.9 Å². The minimum atomic E-state index is -3.15. The molecule has 1 saturated carbocycles. The molecule has 2 fully saturated rings. The fourth-order valence-corrected chi connectivity index (χ4v) is 5.38. The quantitative estimate of drug-likeness (QED) is 0.866. The predicted molar refractivity (Wildman–Crippen MR) is 96.8 cm³/mol. The zero-order valence-electron chi connectivity index (χ0n) is 14.2. The summed E-state index contributed by atoms with van der Waals surface area (Å²) < 4.78 is 24.7. The van der Waals surface area contributed by atoms with Crippen LogP contribution in [0, 0.1) is 11.8 Å². The van der Waals surface area contributed by atoms with Gasteiger partial charge in [-0.05, 0) is 43.2 Å². The van der Waals surface area contributed by atoms with Crippen LogP contribution in [0.5, 0.6) is 0 Å². The Bertz CT molecular complexity index is 684. The van der Waals surface area contributed by atoms with Crippen molar-refractivity contribution in [2.45, 2.75) is 38.5 Å². The molecule has 1 aliphatic carbocycles. The Morgan fingerprint density at radius 3 is 2.75 bits per heavy atom. The lowest BCUT2D eigenvalue weighted by atomic mass is 9.75. The Morgan fingerprint density at radius 2 is 2.00 bits per heavy atom. The molecule has 0 unspecified atom stereocenters. The van der Waals surface area contributed by atoms with Gasteiger partial charge in [-0.15, -0.1) is 11.3 Å². The zero-order valence-corrected chi connectivity index (χ0v) is 15.8. The van der Waals surface area contributed by atoms with E-state index in [9.17, 15) is 13.2 Å². The number of carbonyl (C=O) groups is 1. The second-order valence-corrected chi connectivity index (χ2v) is 10.0. The Morgan fingerprint density at radius 1 is 1.25 bits per heavy atom. The monoisotopic (exact) mass is 370 g/mol. The highest BCUT2D eigenvalue weighted by molar-refractivity contribution is 7.88. The molecule has 0 bridgehead atoms. The second-order valence-electron chi connectivity index (χ2n) is 7.03. The molecule has 2 heterocycles. The van der Waals surface area contributed by atoms with Crippen LogP contribution in [0.1, 0.15) is 46.7 Å². The van der Waals surface area contributed by atoms with Crippen molar-refractivity contribution in [1.29, 1.82) is 0 Å². The van der Waals surface area contributed by atoms with E-state index in [1.54, 1.807) is 0 Å². The summed E-state index contributed by atoms with van der Waals surface area (Å²) in [4.78, 5) is 16.6. The SMILES string of the molecule is CS(=O)(=O)NCCc1ccc(C(=O)N2CC[C@@H]3CCCC[C@@H]3C2)s1. The molecule has 0 spiro atoms. The van der Waals surface area contributed by atoms with Crippen molar-refractivity contribution in [3.8, 4) is 0 Å². The number of likely N-dealkylation sites (tertiary alicyclic amines) is 1. The third-order valence-corrected chi connectivity index (χ3v) is 7.05. The predicted octanol–water partition coefficient (Wildman–Crippen LogP) is 2.49. The van der Waals surface area contributed by atoms with Gasteiger partial charge in [0.15, 0.2) is 0 Å². The molecule has 1 saturated heterocycles. The first-order valence-electron chi connectivity index (χ1n) is 8.75. The largest absolute Gasteiger partial charge is 0.338 e. The highest BCUT2D eigenvalue weighted by Gasteiger charge is 2.33. The molecule has 1 N–H and O–H groups in total. The zero-order chi connectivity index (χ0) is 17.2. The van der Waals surface area contributed by atoms with Gasteiger partial charge in [0.05, 0.1) is 11.1 Å². The number of hydrogen-bond donors (Lipinski definition) is 1. The number of nitrogens with zero attached hydrogens (tertiary/aromatic N) is 1. The average molecular weight is 371 g/mol. The fraction of sp³-hybridized carbons (Fsp3) is 0.706. The van der Waals surface area contributed by atoms with Crippen LogP contribution in [-0.2, 0) is 16.4 Å². The van der Waals surface area contributed by atoms with Crippen LogP contribution in [0.4, 0.5) is 0 Å². The van der Waals surface area contributed by atoms with Crippen molar-refractivity contribution in [3.63, 3.8) is 0 Å². The van der Waals surface area contributed by atoms with Crippen LogP contribution < -0.4 is 4.72 Å². The van der Waals surface area contributed by atoms with Crippen LogP contribution in [0.2, 0.25) is 0 Å². The van der Waals surface area contributed by atoms with E-state index in [0.29, 0.717) is 18.9 Å². The molecule has 24 heavy (non-hydrogen) atoms. The van der Waals surface area contributed by atoms with Crippen molar-refractivity contribution >= 4 is 27.3 Å². The van der Waals surface area contributed by atoms with Gasteiger partial charge in [-0.3, -0.25) is 4.79 Å². The summed E-state index contributed by atoms with van der Waals surface area (Å²) in [5.74, 6) is 1.66. The van der Waals surface area contributed by atoms with Gasteiger partial charge in [0.2, 0.25) is 10.0 Å². The van der Waals surface area contributed by atoms with Gasteiger partial charge < -0.3 is 4.90 Å². The first-order chi connectivity index (χ1) is 11.4. The summed E-state index contributed by atoms with van der Waals surface area (Å²) >= 11 is 1.49. The van der Waals surface area contributed by atoms with Gasteiger partial charge in [0, 0.05) is 24.5 Å². The summed E-state index contributed by atoms with van der Waals surface area (Å²) in [6, 6.07) is 3.82. The topological polar surface area (TPSA) is 66.5 Å². The number of sulfonamides is 1. The smallest absolute Gasteiger partial charge is 0.263 e. The van der Waals surface area contributed by atoms with E-state index < -0.39 is 10.0 Å². The molecule has 3 rings (SSSR count). The summed E-state index contributed by atoms with van der Waals surface area (Å²) in [7, 11) is -3.15. The third-order valence-electron chi connectivity index (χ3n) is 5.19. The summed E-state index contributed by atoms with van der Waals surface area (Å²) in [6.07, 6.45) is 8.18. The van der Waals surface area contributed by atoms with Crippen molar-refractivity contribution < 1.29 is 13.2 Å². The molecule has 0 aromatic carbocycles. The Labute approximate surface area is 148 Å². The number of hydrogen-bond acceptors (Lipinski definition) is 4. The van der Waals surface area contributed by atoms with E-state index in [-0.39, 0.29) is 5.91 Å². The standard InChI is InChI=1S/C17H26N2O3S2/c1-24(21,22)18-10-8-15-6-7-16(23-15)17(20)19-11-9-13-4-2-3-5-14(13)12-19/h6-7,13-14,18H,2-5,8-12H2,1H3/t13-,14+/m0/s1. The fourth-order valence-electron chi connectivity index (χ4n) is 3.93. The summed E-state index contributed by atoms with van der Waals surface area (Å²) in [6.45, 7) is 2.16. The van der Waals surface area contributed by atoms with Gasteiger partial charge in [0.25, 0.3) is 5.91 Å². The minimum absolute atomic E-state index is 0.145. The number of rotatable bonds is 5. The molecular weight excluding hydrogens is 344 g/mol. The molecule has 5 nitrogen and oxygen atoms in total. The van der Waals surface area contributed by atoms with Gasteiger partial charge in [-0.2, -0.15) is 0 Å². The lowest BCUT2D eigenvalue weighted by Crippen LogP contribution is -2.44. The van der Waals surface area contributed by atoms with E-state index in [4.69, 9.17) is 0 Å². The van der Waals surface area contributed by atoms with E-state index >= 15 is 0 Å². The van der Waals surface area contributed by atoms with Gasteiger partial charge >= 0.3 is 0 Å². The second kappa shape index (κ2) is 7.54. The molecule has 7 heteroatoms. The molecule has 2 atom stereocenters. The number of thiophene rings is 1. The Hall–Kier alpha value is -0.920. The van der Waals surface area contributed by atoms with Gasteiger partial charge in [-0.25, -0.2) is 13.1 Å². The Kier molecular flexibility index (Phi) is 5.62. The molecule has 1 aromatic heterocycles. The molecule has 2 aliphatic rings. The number of amides is 1. The van der Waals surface area contributed by atoms with Crippen LogP contribution in [0.15, 0.2) is 12.1 Å². The van der Waals surface area contributed by atoms with Gasteiger partial charge in [0.1, 0.15) is 0 Å². The number of piperidine rings is 1. The van der Waals surface area contributed by atoms with Crippen molar-refractivity contribution in [2.24, 2.45) is 11.8 Å². The van der Waals surface area contributed by atoms with Crippen LogP contribution >= 0.6 is 11.3 Å². The first kappa shape index (κ1) is 17.9. The maximum atomic E-state index is 12.7. The lowest BCUT2D eigenvalue weighted by molar-refractivity contribution is 0.0525. The molecule has 134 valence electrons. The number of nitrogens with one attached hydrogen (secondary N) is 1. The number of fused-ring (bicyclic) bond motifs is 1. The first-order valence-corrected chi connectivity index (χ1v) is 11.5. The maximum Gasteiger partial charge on any atom is 0.263 e. The Balaban J connectivity index is 1.55. The van der Waals surface area contributed by atoms with E-state index in [1.165, 1.54) is 37.0 Å². The van der Waals surface area contributed by atoms with Crippen molar-refractivity contribution in [2.75, 3.05) is 25.9 Å². The maximum absolute atomic E-state index is 12.7. The van der Waals surface area contributed by atoms with Crippen LogP contribution in [0.3, 0.4) is 0 Å².